The number of hydrogen-bond donors (Lipinski definition) is 1. The molecule has 0 aliphatic heterocycles. The maximum Gasteiger partial charge on any atom is 0.338 e. The quantitative estimate of drug-likeness (QED) is 0.845. The molecule has 5 nitrogen and oxygen atoms in total. The summed E-state index contributed by atoms with van der Waals surface area (Å²) in [7, 11) is -2.42. The van der Waals surface area contributed by atoms with E-state index in [1.165, 1.54) is 25.2 Å². The zero-order valence-electron chi connectivity index (χ0n) is 9.36. The van der Waals surface area contributed by atoms with Gasteiger partial charge in [-0.2, -0.15) is 0 Å². The van der Waals surface area contributed by atoms with Gasteiger partial charge in [-0.3, -0.25) is 0 Å². The molecule has 0 amide bonds. The second-order valence-electron chi connectivity index (χ2n) is 3.07. The molecule has 0 spiro atoms. The summed E-state index contributed by atoms with van der Waals surface area (Å²) in [6.07, 6.45) is 0. The fourth-order valence-corrected chi connectivity index (χ4v) is 2.41. The molecule has 0 unspecified atom stereocenters. The number of ether oxygens (including phenoxy) is 1. The van der Waals surface area contributed by atoms with Gasteiger partial charge in [0.25, 0.3) is 0 Å². The van der Waals surface area contributed by atoms with Crippen LogP contribution in [0.25, 0.3) is 0 Å². The van der Waals surface area contributed by atoms with Crippen molar-refractivity contribution < 1.29 is 17.9 Å². The summed E-state index contributed by atoms with van der Waals surface area (Å²) < 4.78 is 30.1. The van der Waals surface area contributed by atoms with Crippen molar-refractivity contribution in [2.45, 2.75) is 11.8 Å². The van der Waals surface area contributed by atoms with Crippen LogP contribution in [0.4, 0.5) is 0 Å². The van der Waals surface area contributed by atoms with E-state index in [0.29, 0.717) is 0 Å². The Kier molecular flexibility index (Phi) is 4.50. The first-order chi connectivity index (χ1) is 7.92. The van der Waals surface area contributed by atoms with Crippen LogP contribution in [0.1, 0.15) is 17.3 Å². The van der Waals surface area contributed by atoms with Crippen LogP contribution in [-0.4, -0.2) is 28.0 Å². The lowest BCUT2D eigenvalue weighted by Crippen LogP contribution is -2.19. The maximum absolute atomic E-state index is 11.6. The first kappa shape index (κ1) is 14.0. The summed E-state index contributed by atoms with van der Waals surface area (Å²) in [6.45, 7) is 1.88. The molecule has 0 bridgehead atoms. The molecule has 0 radical (unpaired) electrons. The standard InChI is InChI=1S/C10H12ClNO4S/c1-3-16-10(13)7-4-5-8(11)9(6-7)17(14,15)12-2/h4-6,12H,3H2,1-2H3. The summed E-state index contributed by atoms with van der Waals surface area (Å²) in [5, 5.41) is 0.0485. The van der Waals surface area contributed by atoms with Gasteiger partial charge in [0.05, 0.1) is 17.2 Å². The molecule has 0 saturated carbocycles. The predicted molar refractivity (Wildman–Crippen MR) is 63.7 cm³/mol. The minimum absolute atomic E-state index is 0.0485. The number of sulfonamides is 1. The molecule has 0 heterocycles. The molecule has 0 aromatic heterocycles. The average molecular weight is 278 g/mol. The van der Waals surface area contributed by atoms with Gasteiger partial charge < -0.3 is 4.74 Å². The van der Waals surface area contributed by atoms with Crippen molar-refractivity contribution >= 4 is 27.6 Å². The summed E-state index contributed by atoms with van der Waals surface area (Å²) in [5.41, 5.74) is 0.144. The van der Waals surface area contributed by atoms with Gasteiger partial charge in [0, 0.05) is 0 Å². The number of rotatable bonds is 4. The van der Waals surface area contributed by atoms with Crippen LogP contribution in [0.5, 0.6) is 0 Å². The molecule has 1 rings (SSSR count). The molecule has 1 aromatic carbocycles. The Morgan fingerprint density at radius 3 is 2.65 bits per heavy atom. The lowest BCUT2D eigenvalue weighted by atomic mass is 10.2. The molecular weight excluding hydrogens is 266 g/mol. The van der Waals surface area contributed by atoms with Crippen molar-refractivity contribution in [3.8, 4) is 0 Å². The van der Waals surface area contributed by atoms with Crippen LogP contribution in [0.3, 0.4) is 0 Å². The van der Waals surface area contributed by atoms with E-state index in [1.807, 2.05) is 0 Å². The van der Waals surface area contributed by atoms with Crippen molar-refractivity contribution in [2.24, 2.45) is 0 Å². The topological polar surface area (TPSA) is 72.5 Å². The molecule has 0 aliphatic rings. The number of carbonyl (C=O) groups is 1. The SMILES string of the molecule is CCOC(=O)c1ccc(Cl)c(S(=O)(=O)NC)c1. The van der Waals surface area contributed by atoms with Crippen LogP contribution >= 0.6 is 11.6 Å². The molecule has 0 atom stereocenters. The number of benzene rings is 1. The Labute approximate surface area is 105 Å². The first-order valence-corrected chi connectivity index (χ1v) is 6.68. The van der Waals surface area contributed by atoms with E-state index in [4.69, 9.17) is 16.3 Å². The predicted octanol–water partition coefficient (Wildman–Crippen LogP) is 1.42. The van der Waals surface area contributed by atoms with E-state index in [0.717, 1.165) is 0 Å². The number of nitrogens with one attached hydrogen (secondary N) is 1. The molecule has 17 heavy (non-hydrogen) atoms. The first-order valence-electron chi connectivity index (χ1n) is 4.82. The molecule has 0 aliphatic carbocycles. The average Bonchev–Trinajstić information content (AvgIpc) is 2.29. The third-order valence-electron chi connectivity index (χ3n) is 2.00. The van der Waals surface area contributed by atoms with Gasteiger partial charge in [-0.25, -0.2) is 17.9 Å². The van der Waals surface area contributed by atoms with E-state index in [1.54, 1.807) is 6.92 Å². The van der Waals surface area contributed by atoms with Crippen molar-refractivity contribution in [3.05, 3.63) is 28.8 Å². The third kappa shape index (κ3) is 3.18. The van der Waals surface area contributed by atoms with Crippen LogP contribution in [0.2, 0.25) is 5.02 Å². The Morgan fingerprint density at radius 1 is 1.47 bits per heavy atom. The molecule has 7 heteroatoms. The fraction of sp³-hybridized carbons (Fsp3) is 0.300. The van der Waals surface area contributed by atoms with Gasteiger partial charge in [-0.1, -0.05) is 11.6 Å². The number of carbonyl (C=O) groups excluding carboxylic acids is 1. The monoisotopic (exact) mass is 277 g/mol. The zero-order chi connectivity index (χ0) is 13.1. The molecular formula is C10H12ClNO4S. The Bertz CT molecular complexity index is 527. The summed E-state index contributed by atoms with van der Waals surface area (Å²) in [6, 6.07) is 3.94. The molecule has 0 saturated heterocycles. The van der Waals surface area contributed by atoms with Gasteiger partial charge >= 0.3 is 5.97 Å². The van der Waals surface area contributed by atoms with Crippen LogP contribution < -0.4 is 4.72 Å². The lowest BCUT2D eigenvalue weighted by Gasteiger charge is -2.07. The zero-order valence-corrected chi connectivity index (χ0v) is 10.9. The molecule has 1 N–H and O–H groups in total. The number of hydrogen-bond acceptors (Lipinski definition) is 4. The number of halogens is 1. The fourth-order valence-electron chi connectivity index (χ4n) is 1.16. The van der Waals surface area contributed by atoms with E-state index in [-0.39, 0.29) is 22.1 Å². The van der Waals surface area contributed by atoms with E-state index in [2.05, 4.69) is 4.72 Å². The highest BCUT2D eigenvalue weighted by atomic mass is 35.5. The van der Waals surface area contributed by atoms with E-state index in [9.17, 15) is 13.2 Å². The van der Waals surface area contributed by atoms with Crippen LogP contribution in [-0.2, 0) is 14.8 Å². The minimum atomic E-state index is -3.69. The van der Waals surface area contributed by atoms with Crippen LogP contribution in [0.15, 0.2) is 23.1 Å². The normalized spacial score (nSPS) is 11.2. The second kappa shape index (κ2) is 5.48. The summed E-state index contributed by atoms with van der Waals surface area (Å²) in [4.78, 5) is 11.3. The number of esters is 1. The summed E-state index contributed by atoms with van der Waals surface area (Å²) in [5.74, 6) is -0.586. The van der Waals surface area contributed by atoms with Gasteiger partial charge in [-0.15, -0.1) is 0 Å². The minimum Gasteiger partial charge on any atom is -0.462 e. The Hall–Kier alpha value is -1.11. The van der Waals surface area contributed by atoms with E-state index >= 15 is 0 Å². The van der Waals surface area contributed by atoms with Crippen molar-refractivity contribution in [1.82, 2.24) is 4.72 Å². The summed E-state index contributed by atoms with van der Waals surface area (Å²) >= 11 is 5.77. The molecule has 0 fully saturated rings. The van der Waals surface area contributed by atoms with Gasteiger partial charge in [0.1, 0.15) is 4.90 Å². The highest BCUT2D eigenvalue weighted by Crippen LogP contribution is 2.22. The second-order valence-corrected chi connectivity index (χ2v) is 5.34. The molecule has 1 aromatic rings. The molecule has 94 valence electrons. The lowest BCUT2D eigenvalue weighted by molar-refractivity contribution is 0.0526. The van der Waals surface area contributed by atoms with Crippen molar-refractivity contribution in [3.63, 3.8) is 0 Å². The Balaban J connectivity index is 3.25. The van der Waals surface area contributed by atoms with Crippen LogP contribution in [0, 0.1) is 0 Å². The van der Waals surface area contributed by atoms with E-state index < -0.39 is 16.0 Å². The third-order valence-corrected chi connectivity index (χ3v) is 3.90. The highest BCUT2D eigenvalue weighted by Gasteiger charge is 2.18. The Morgan fingerprint density at radius 2 is 2.12 bits per heavy atom. The van der Waals surface area contributed by atoms with Gasteiger partial charge in [0.15, 0.2) is 0 Å². The van der Waals surface area contributed by atoms with Gasteiger partial charge in [0.2, 0.25) is 10.0 Å². The van der Waals surface area contributed by atoms with Gasteiger partial charge in [-0.05, 0) is 32.2 Å². The smallest absolute Gasteiger partial charge is 0.338 e. The maximum atomic E-state index is 11.6. The van der Waals surface area contributed by atoms with Crippen molar-refractivity contribution in [1.29, 1.82) is 0 Å². The van der Waals surface area contributed by atoms with Crippen molar-refractivity contribution in [2.75, 3.05) is 13.7 Å². The highest BCUT2D eigenvalue weighted by molar-refractivity contribution is 7.89. The largest absolute Gasteiger partial charge is 0.462 e.